The summed E-state index contributed by atoms with van der Waals surface area (Å²) in [5.74, 6) is -3.79. The summed E-state index contributed by atoms with van der Waals surface area (Å²) < 4.78 is 13.1. The van der Waals surface area contributed by atoms with Crippen LogP contribution in [0.1, 0.15) is 33.6 Å². The number of hydrogen-bond acceptors (Lipinski definition) is 4. The van der Waals surface area contributed by atoms with E-state index >= 15 is 0 Å². The lowest BCUT2D eigenvalue weighted by Crippen LogP contribution is -2.54. The lowest BCUT2D eigenvalue weighted by Gasteiger charge is -2.26. The summed E-state index contributed by atoms with van der Waals surface area (Å²) in [6.07, 6.45) is 0.564. The fourth-order valence-corrected chi connectivity index (χ4v) is 3.09. The van der Waals surface area contributed by atoms with Crippen LogP contribution in [0.3, 0.4) is 0 Å². The fourth-order valence-electron chi connectivity index (χ4n) is 3.09. The number of nitrogens with one attached hydrogen (secondary N) is 2. The van der Waals surface area contributed by atoms with Crippen molar-refractivity contribution in [1.82, 2.24) is 10.6 Å². The van der Waals surface area contributed by atoms with Gasteiger partial charge in [-0.3, -0.25) is 19.2 Å². The highest BCUT2D eigenvalue weighted by atomic mass is 19.1. The van der Waals surface area contributed by atoms with E-state index in [2.05, 4.69) is 10.6 Å². The Morgan fingerprint density at radius 3 is 2.38 bits per heavy atom. The van der Waals surface area contributed by atoms with Gasteiger partial charge in [-0.05, 0) is 37.1 Å². The normalized spacial score (nSPS) is 19.4. The number of hydrogen-bond donors (Lipinski definition) is 3. The average molecular weight is 407 g/mol. The number of carbonyl (C=O) groups is 4. The van der Waals surface area contributed by atoms with Crippen LogP contribution in [-0.4, -0.2) is 47.4 Å². The van der Waals surface area contributed by atoms with Crippen LogP contribution in [0, 0.1) is 17.7 Å². The van der Waals surface area contributed by atoms with E-state index in [1.807, 2.05) is 6.92 Å². The Bertz CT molecular complexity index is 783. The molecule has 0 spiro atoms. The number of amides is 3. The number of carboxylic acids is 1. The Morgan fingerprint density at radius 2 is 1.83 bits per heavy atom. The first-order valence-corrected chi connectivity index (χ1v) is 9.53. The second-order valence-corrected chi connectivity index (χ2v) is 7.32. The highest BCUT2D eigenvalue weighted by Crippen LogP contribution is 2.25. The summed E-state index contributed by atoms with van der Waals surface area (Å²) in [7, 11) is 0. The molecule has 1 saturated heterocycles. The van der Waals surface area contributed by atoms with Gasteiger partial charge in [0.1, 0.15) is 17.9 Å². The van der Waals surface area contributed by atoms with Gasteiger partial charge in [-0.1, -0.05) is 20.3 Å². The molecule has 0 aliphatic carbocycles. The van der Waals surface area contributed by atoms with E-state index in [0.29, 0.717) is 12.1 Å². The summed E-state index contributed by atoms with van der Waals surface area (Å²) in [6.45, 7) is 5.09. The third-order valence-electron chi connectivity index (χ3n) is 5.16. The number of halogens is 1. The molecule has 0 saturated carbocycles. The summed E-state index contributed by atoms with van der Waals surface area (Å²) in [5, 5.41) is 14.0. The second kappa shape index (κ2) is 9.49. The summed E-state index contributed by atoms with van der Waals surface area (Å²) >= 11 is 0. The van der Waals surface area contributed by atoms with Crippen molar-refractivity contribution in [2.75, 3.05) is 11.4 Å². The highest BCUT2D eigenvalue weighted by Gasteiger charge is 2.37. The van der Waals surface area contributed by atoms with E-state index in [9.17, 15) is 23.6 Å². The summed E-state index contributed by atoms with van der Waals surface area (Å²) in [6, 6.07) is 3.41. The molecule has 8 nitrogen and oxygen atoms in total. The molecule has 1 aromatic carbocycles. The van der Waals surface area contributed by atoms with Crippen LogP contribution >= 0.6 is 0 Å². The van der Waals surface area contributed by atoms with Crippen molar-refractivity contribution in [2.24, 2.45) is 11.8 Å². The van der Waals surface area contributed by atoms with E-state index in [4.69, 9.17) is 5.11 Å². The van der Waals surface area contributed by atoms with Gasteiger partial charge in [0.2, 0.25) is 17.7 Å². The smallest absolute Gasteiger partial charge is 0.325 e. The molecule has 1 aromatic rings. The Kier molecular flexibility index (Phi) is 7.30. The average Bonchev–Trinajstić information content (AvgIpc) is 3.07. The zero-order valence-electron chi connectivity index (χ0n) is 16.6. The largest absolute Gasteiger partial charge is 0.480 e. The first kappa shape index (κ1) is 22.3. The maximum absolute atomic E-state index is 13.1. The van der Waals surface area contributed by atoms with Gasteiger partial charge in [0.05, 0.1) is 5.92 Å². The van der Waals surface area contributed by atoms with Crippen LogP contribution in [0.4, 0.5) is 10.1 Å². The van der Waals surface area contributed by atoms with Crippen molar-refractivity contribution in [3.8, 4) is 0 Å². The Balaban J connectivity index is 2.07. The van der Waals surface area contributed by atoms with Gasteiger partial charge in [-0.2, -0.15) is 0 Å². The van der Waals surface area contributed by atoms with Crippen molar-refractivity contribution < 1.29 is 28.7 Å². The molecule has 3 amide bonds. The molecule has 1 heterocycles. The van der Waals surface area contributed by atoms with E-state index in [1.54, 1.807) is 6.92 Å². The Labute approximate surface area is 168 Å². The van der Waals surface area contributed by atoms with Crippen molar-refractivity contribution >= 4 is 29.4 Å². The minimum atomic E-state index is -1.18. The topological polar surface area (TPSA) is 116 Å². The van der Waals surface area contributed by atoms with E-state index in [-0.39, 0.29) is 24.8 Å². The van der Waals surface area contributed by atoms with Gasteiger partial charge >= 0.3 is 5.97 Å². The van der Waals surface area contributed by atoms with Crippen LogP contribution in [-0.2, 0) is 19.2 Å². The van der Waals surface area contributed by atoms with Gasteiger partial charge in [-0.15, -0.1) is 0 Å². The lowest BCUT2D eigenvalue weighted by atomic mass is 9.96. The van der Waals surface area contributed by atoms with Crippen LogP contribution in [0.2, 0.25) is 0 Å². The Morgan fingerprint density at radius 1 is 1.21 bits per heavy atom. The molecule has 1 fully saturated rings. The number of rotatable bonds is 8. The molecule has 1 aliphatic heterocycles. The van der Waals surface area contributed by atoms with Gasteiger partial charge in [0.15, 0.2) is 0 Å². The zero-order chi connectivity index (χ0) is 21.7. The molecule has 0 aromatic heterocycles. The third kappa shape index (κ3) is 5.52. The molecular formula is C20H26FN3O5. The molecule has 1 aliphatic rings. The maximum atomic E-state index is 13.1. The highest BCUT2D eigenvalue weighted by molar-refractivity contribution is 6.01. The fraction of sp³-hybridized carbons (Fsp3) is 0.500. The first-order valence-electron chi connectivity index (χ1n) is 9.53. The quantitative estimate of drug-likeness (QED) is 0.601. The molecule has 9 heteroatoms. The molecule has 2 rings (SSSR count). The van der Waals surface area contributed by atoms with Gasteiger partial charge in [-0.25, -0.2) is 4.39 Å². The summed E-state index contributed by atoms with van der Waals surface area (Å²) in [5.41, 5.74) is 0.498. The minimum absolute atomic E-state index is 0.0242. The number of aliphatic carboxylic acids is 1. The number of benzene rings is 1. The number of carboxylic acid groups (broad SMARTS) is 1. The predicted molar refractivity (Wildman–Crippen MR) is 103 cm³/mol. The van der Waals surface area contributed by atoms with Gasteiger partial charge < -0.3 is 20.6 Å². The number of nitrogens with zero attached hydrogens (tertiary/aromatic N) is 1. The van der Waals surface area contributed by atoms with E-state index < -0.39 is 41.6 Å². The second-order valence-electron chi connectivity index (χ2n) is 7.32. The minimum Gasteiger partial charge on any atom is -0.480 e. The van der Waals surface area contributed by atoms with E-state index in [0.717, 1.165) is 0 Å². The molecule has 0 radical (unpaired) electrons. The monoisotopic (exact) mass is 407 g/mol. The van der Waals surface area contributed by atoms with Crippen molar-refractivity contribution in [3.05, 3.63) is 30.1 Å². The van der Waals surface area contributed by atoms with Gasteiger partial charge in [0, 0.05) is 18.7 Å². The predicted octanol–water partition coefficient (Wildman–Crippen LogP) is 1.30. The first-order chi connectivity index (χ1) is 13.6. The van der Waals surface area contributed by atoms with Crippen LogP contribution in [0.25, 0.3) is 0 Å². The van der Waals surface area contributed by atoms with Gasteiger partial charge in [0.25, 0.3) is 0 Å². The van der Waals surface area contributed by atoms with Crippen LogP contribution < -0.4 is 15.5 Å². The van der Waals surface area contributed by atoms with Crippen molar-refractivity contribution in [2.45, 2.75) is 45.7 Å². The Hall–Kier alpha value is -2.97. The molecule has 4 unspecified atom stereocenters. The molecule has 4 atom stereocenters. The molecule has 0 bridgehead atoms. The SMILES string of the molecule is CCC(C)C(NC(=O)C1CC(=O)N(c2ccc(F)cc2)C1)C(=O)NC(C)C(=O)O. The summed E-state index contributed by atoms with van der Waals surface area (Å²) in [4.78, 5) is 49.9. The number of anilines is 1. The molecule has 158 valence electrons. The molecule has 29 heavy (non-hydrogen) atoms. The molecular weight excluding hydrogens is 381 g/mol. The maximum Gasteiger partial charge on any atom is 0.325 e. The third-order valence-corrected chi connectivity index (χ3v) is 5.16. The van der Waals surface area contributed by atoms with Crippen molar-refractivity contribution in [3.63, 3.8) is 0 Å². The zero-order valence-corrected chi connectivity index (χ0v) is 16.6. The van der Waals surface area contributed by atoms with E-state index in [1.165, 1.54) is 36.1 Å². The number of carbonyl (C=O) groups excluding carboxylic acids is 3. The lowest BCUT2D eigenvalue weighted by molar-refractivity contribution is -0.142. The van der Waals surface area contributed by atoms with Crippen molar-refractivity contribution in [1.29, 1.82) is 0 Å². The molecule has 3 N–H and O–H groups in total. The van der Waals surface area contributed by atoms with Crippen LogP contribution in [0.15, 0.2) is 24.3 Å². The standard InChI is InChI=1S/C20H26FN3O5/c1-4-11(2)17(19(27)22-12(3)20(28)29)23-18(26)13-9-16(25)24(10-13)15-7-5-14(21)6-8-15/h5-8,11-13,17H,4,9-10H2,1-3H3,(H,22,27)(H,23,26)(H,28,29). The van der Waals surface area contributed by atoms with Crippen LogP contribution in [0.5, 0.6) is 0 Å².